The molecule has 0 saturated heterocycles. The molecule has 0 atom stereocenters. The van der Waals surface area contributed by atoms with Crippen LogP contribution in [0.5, 0.6) is 0 Å². The third kappa shape index (κ3) is 2.31. The Labute approximate surface area is 133 Å². The highest BCUT2D eigenvalue weighted by atomic mass is 79.9. The van der Waals surface area contributed by atoms with E-state index in [2.05, 4.69) is 27.0 Å². The van der Waals surface area contributed by atoms with Gasteiger partial charge in [-0.05, 0) is 58.5 Å². The van der Waals surface area contributed by atoms with E-state index in [9.17, 15) is 4.79 Å². The lowest BCUT2D eigenvalue weighted by molar-refractivity contribution is 0.935. The summed E-state index contributed by atoms with van der Waals surface area (Å²) in [6.07, 6.45) is 0. The molecule has 1 N–H and O–H groups in total. The van der Waals surface area contributed by atoms with Crippen LogP contribution < -0.4 is 5.56 Å². The minimum atomic E-state index is -0.195. The molecule has 0 saturated carbocycles. The molecule has 0 amide bonds. The van der Waals surface area contributed by atoms with Gasteiger partial charge >= 0.3 is 0 Å². The summed E-state index contributed by atoms with van der Waals surface area (Å²) in [7, 11) is 0. The van der Waals surface area contributed by atoms with Crippen molar-refractivity contribution in [1.29, 1.82) is 5.26 Å². The van der Waals surface area contributed by atoms with E-state index < -0.39 is 0 Å². The summed E-state index contributed by atoms with van der Waals surface area (Å²) in [5, 5.41) is 9.47. The second kappa shape index (κ2) is 5.28. The van der Waals surface area contributed by atoms with Gasteiger partial charge in [0.05, 0.1) is 28.2 Å². The zero-order chi connectivity index (χ0) is 15.0. The van der Waals surface area contributed by atoms with Crippen molar-refractivity contribution in [3.8, 4) is 11.8 Å². The predicted octanol–water partition coefficient (Wildman–Crippen LogP) is 3.68. The van der Waals surface area contributed by atoms with Crippen molar-refractivity contribution in [2.45, 2.75) is 0 Å². The van der Waals surface area contributed by atoms with E-state index in [1.54, 1.807) is 30.3 Å². The summed E-state index contributed by atoms with van der Waals surface area (Å²) in [4.78, 5) is 15.7. The molecule has 21 heavy (non-hydrogen) atoms. The summed E-state index contributed by atoms with van der Waals surface area (Å²) in [6, 6.07) is 14.3. The molecule has 3 aromatic rings. The maximum Gasteiger partial charge on any atom is 0.266 e. The van der Waals surface area contributed by atoms with Crippen LogP contribution in [0.15, 0.2) is 51.7 Å². The molecule has 0 radical (unpaired) electrons. The Morgan fingerprint density at radius 1 is 1.24 bits per heavy atom. The van der Waals surface area contributed by atoms with Crippen molar-refractivity contribution in [3.63, 3.8) is 0 Å². The van der Waals surface area contributed by atoms with Crippen LogP contribution in [0.25, 0.3) is 16.6 Å². The fourth-order valence-corrected chi connectivity index (χ4v) is 2.99. The smallest absolute Gasteiger partial charge is 0.266 e. The minimum Gasteiger partial charge on any atom is -0.331 e. The van der Waals surface area contributed by atoms with Crippen LogP contribution in [0.3, 0.4) is 0 Å². The molecule has 0 aliphatic rings. The first kappa shape index (κ1) is 13.7. The number of fused-ring (bicyclic) bond motifs is 1. The monoisotopic (exact) mass is 357 g/mol. The van der Waals surface area contributed by atoms with Gasteiger partial charge in [0, 0.05) is 4.47 Å². The summed E-state index contributed by atoms with van der Waals surface area (Å²) >= 11 is 8.68. The van der Waals surface area contributed by atoms with Crippen LogP contribution in [0.4, 0.5) is 0 Å². The van der Waals surface area contributed by atoms with Crippen LogP contribution >= 0.6 is 28.1 Å². The van der Waals surface area contributed by atoms with Gasteiger partial charge in [-0.25, -0.2) is 0 Å². The molecular formula is C15H8BrN3OS. The zero-order valence-electron chi connectivity index (χ0n) is 10.6. The number of para-hydroxylation sites is 1. The second-order valence-electron chi connectivity index (χ2n) is 4.39. The minimum absolute atomic E-state index is 0.195. The highest BCUT2D eigenvalue weighted by Crippen LogP contribution is 2.22. The van der Waals surface area contributed by atoms with Crippen molar-refractivity contribution in [2.75, 3.05) is 0 Å². The van der Waals surface area contributed by atoms with Crippen molar-refractivity contribution in [2.24, 2.45) is 0 Å². The normalized spacial score (nSPS) is 10.5. The van der Waals surface area contributed by atoms with Gasteiger partial charge in [0.1, 0.15) is 0 Å². The number of H-pyrrole nitrogens is 1. The molecule has 0 aliphatic carbocycles. The van der Waals surface area contributed by atoms with Crippen LogP contribution in [0.2, 0.25) is 0 Å². The van der Waals surface area contributed by atoms with E-state index in [4.69, 9.17) is 17.5 Å². The molecule has 0 bridgehead atoms. The lowest BCUT2D eigenvalue weighted by atomic mass is 10.2. The standard InChI is InChI=1S/C15H8BrN3OS/c16-11-7-9(8-17)5-6-13(11)19-14(20)10-3-1-2-4-12(10)18-15(19)21/h1-7H,(H,18,21). The van der Waals surface area contributed by atoms with Crippen LogP contribution in [0.1, 0.15) is 5.56 Å². The van der Waals surface area contributed by atoms with Gasteiger partial charge in [0.2, 0.25) is 0 Å². The number of rotatable bonds is 1. The predicted molar refractivity (Wildman–Crippen MR) is 87.1 cm³/mol. The van der Waals surface area contributed by atoms with Crippen LogP contribution in [-0.4, -0.2) is 9.55 Å². The van der Waals surface area contributed by atoms with Gasteiger partial charge in [-0.2, -0.15) is 5.26 Å². The third-order valence-electron chi connectivity index (χ3n) is 3.12. The van der Waals surface area contributed by atoms with Crippen molar-refractivity contribution in [3.05, 3.63) is 67.6 Å². The van der Waals surface area contributed by atoms with E-state index in [1.807, 2.05) is 12.1 Å². The average molecular weight is 358 g/mol. The van der Waals surface area contributed by atoms with Crippen LogP contribution in [-0.2, 0) is 0 Å². The summed E-state index contributed by atoms with van der Waals surface area (Å²) in [5.41, 5.74) is 1.62. The number of hydrogen-bond donors (Lipinski definition) is 1. The Hall–Kier alpha value is -2.23. The van der Waals surface area contributed by atoms with Gasteiger partial charge < -0.3 is 4.98 Å². The summed E-state index contributed by atoms with van der Waals surface area (Å²) < 4.78 is 2.37. The van der Waals surface area contributed by atoms with E-state index in [1.165, 1.54) is 4.57 Å². The van der Waals surface area contributed by atoms with E-state index in [0.29, 0.717) is 31.4 Å². The number of nitriles is 1. The molecule has 0 fully saturated rings. The summed E-state index contributed by atoms with van der Waals surface area (Å²) in [5.74, 6) is 0. The molecule has 1 heterocycles. The number of benzene rings is 2. The van der Waals surface area contributed by atoms with E-state index in [0.717, 1.165) is 0 Å². The Kier molecular flexibility index (Phi) is 3.45. The molecule has 2 aromatic carbocycles. The first-order valence-electron chi connectivity index (χ1n) is 6.06. The topological polar surface area (TPSA) is 61.6 Å². The molecule has 1 aromatic heterocycles. The molecular weight excluding hydrogens is 350 g/mol. The molecule has 102 valence electrons. The number of aromatic amines is 1. The van der Waals surface area contributed by atoms with Crippen molar-refractivity contribution in [1.82, 2.24) is 9.55 Å². The molecule has 0 aliphatic heterocycles. The fourth-order valence-electron chi connectivity index (χ4n) is 2.14. The third-order valence-corrected chi connectivity index (χ3v) is 4.04. The largest absolute Gasteiger partial charge is 0.331 e. The number of hydrogen-bond acceptors (Lipinski definition) is 3. The molecule has 3 rings (SSSR count). The van der Waals surface area contributed by atoms with E-state index >= 15 is 0 Å². The molecule has 6 heteroatoms. The Balaban J connectivity index is 2.39. The first-order valence-corrected chi connectivity index (χ1v) is 7.26. The Morgan fingerprint density at radius 3 is 2.71 bits per heavy atom. The number of aromatic nitrogens is 2. The number of nitrogens with one attached hydrogen (secondary N) is 1. The van der Waals surface area contributed by atoms with Crippen molar-refractivity contribution < 1.29 is 0 Å². The highest BCUT2D eigenvalue weighted by Gasteiger charge is 2.10. The number of nitrogens with zero attached hydrogens (tertiary/aromatic N) is 2. The maximum absolute atomic E-state index is 12.6. The molecule has 4 nitrogen and oxygen atoms in total. The Bertz CT molecular complexity index is 1010. The van der Waals surface area contributed by atoms with Crippen LogP contribution in [0, 0.1) is 16.1 Å². The van der Waals surface area contributed by atoms with Gasteiger partial charge in [0.25, 0.3) is 5.56 Å². The van der Waals surface area contributed by atoms with Gasteiger partial charge in [-0.3, -0.25) is 9.36 Å². The van der Waals surface area contributed by atoms with Crippen molar-refractivity contribution >= 4 is 39.1 Å². The maximum atomic E-state index is 12.6. The van der Waals surface area contributed by atoms with E-state index in [-0.39, 0.29) is 5.56 Å². The Morgan fingerprint density at radius 2 is 2.00 bits per heavy atom. The van der Waals surface area contributed by atoms with Gasteiger partial charge in [0.15, 0.2) is 4.77 Å². The highest BCUT2D eigenvalue weighted by molar-refractivity contribution is 9.10. The lowest BCUT2D eigenvalue weighted by Gasteiger charge is -2.10. The average Bonchev–Trinajstić information content (AvgIpc) is 2.48. The fraction of sp³-hybridized carbons (Fsp3) is 0. The second-order valence-corrected chi connectivity index (χ2v) is 5.64. The quantitative estimate of drug-likeness (QED) is 0.675. The molecule has 0 unspecified atom stereocenters. The number of halogens is 1. The lowest BCUT2D eigenvalue weighted by Crippen LogP contribution is -2.20. The van der Waals surface area contributed by atoms with Gasteiger partial charge in [-0.15, -0.1) is 0 Å². The SMILES string of the molecule is N#Cc1ccc(-n2c(=S)[nH]c3ccccc3c2=O)c(Br)c1. The summed E-state index contributed by atoms with van der Waals surface area (Å²) in [6.45, 7) is 0. The van der Waals surface area contributed by atoms with Gasteiger partial charge in [-0.1, -0.05) is 12.1 Å². The zero-order valence-corrected chi connectivity index (χ0v) is 13.0. The first-order chi connectivity index (χ1) is 10.1. The molecule has 0 spiro atoms.